The van der Waals surface area contributed by atoms with E-state index < -0.39 is 55.7 Å². The van der Waals surface area contributed by atoms with E-state index in [0.29, 0.717) is 24.3 Å². The minimum atomic E-state index is -4.66. The van der Waals surface area contributed by atoms with Gasteiger partial charge in [-0.15, -0.1) is 0 Å². The van der Waals surface area contributed by atoms with Crippen molar-refractivity contribution in [1.29, 1.82) is 5.26 Å². The molecule has 0 aromatic heterocycles. The van der Waals surface area contributed by atoms with Crippen molar-refractivity contribution >= 4 is 33.0 Å². The third-order valence-electron chi connectivity index (χ3n) is 4.95. The summed E-state index contributed by atoms with van der Waals surface area (Å²) in [6.45, 7) is 0. The van der Waals surface area contributed by atoms with E-state index >= 15 is 0 Å². The van der Waals surface area contributed by atoms with Gasteiger partial charge >= 0.3 is 6.18 Å². The molecule has 1 unspecified atom stereocenters. The number of hydrogen-bond donors (Lipinski definition) is 1. The summed E-state index contributed by atoms with van der Waals surface area (Å²) in [7, 11) is -4.40. The maximum absolute atomic E-state index is 13.6. The summed E-state index contributed by atoms with van der Waals surface area (Å²) in [5.74, 6) is -6.12. The minimum Gasteiger partial charge on any atom is -0.325 e. The second-order valence-electron chi connectivity index (χ2n) is 7.33. The summed E-state index contributed by atoms with van der Waals surface area (Å²) in [6.07, 6.45) is -4.66. The molecule has 35 heavy (non-hydrogen) atoms. The van der Waals surface area contributed by atoms with Gasteiger partial charge in [-0.1, -0.05) is 23.7 Å². The molecule has 0 fully saturated rings. The standard InChI is InChI=1S/C23H14ClF5N2O3S/c24-19-9-16(6-3-14(19)11-30)31-22(32)18(13-1-4-15(5-2-13)23(27,28)29)12-35(33,34)17-7-8-20(25)21(26)10-17/h1-10,18H,12H2,(H,31,32). The fraction of sp³-hybridized carbons (Fsp3) is 0.130. The Morgan fingerprint density at radius 2 is 1.66 bits per heavy atom. The highest BCUT2D eigenvalue weighted by Gasteiger charge is 2.33. The molecule has 1 atom stereocenters. The Labute approximate surface area is 201 Å². The molecule has 5 nitrogen and oxygen atoms in total. The number of alkyl halides is 3. The van der Waals surface area contributed by atoms with Gasteiger partial charge in [-0.05, 0) is 54.1 Å². The number of nitriles is 1. The topological polar surface area (TPSA) is 87.0 Å². The molecule has 12 heteroatoms. The van der Waals surface area contributed by atoms with Crippen molar-refractivity contribution < 1.29 is 35.2 Å². The summed E-state index contributed by atoms with van der Waals surface area (Å²) >= 11 is 5.94. The number of carbonyl (C=O) groups is 1. The molecule has 0 radical (unpaired) electrons. The van der Waals surface area contributed by atoms with Crippen LogP contribution < -0.4 is 5.32 Å². The molecular formula is C23H14ClF5N2O3S. The number of nitrogens with zero attached hydrogens (tertiary/aromatic N) is 1. The van der Waals surface area contributed by atoms with Crippen LogP contribution in [-0.2, 0) is 20.8 Å². The van der Waals surface area contributed by atoms with Crippen LogP contribution in [0.15, 0.2) is 65.6 Å². The number of amides is 1. The van der Waals surface area contributed by atoms with Gasteiger partial charge in [0.2, 0.25) is 5.91 Å². The molecule has 3 rings (SSSR count). The molecule has 0 aliphatic heterocycles. The van der Waals surface area contributed by atoms with Gasteiger partial charge in [0.1, 0.15) is 6.07 Å². The Bertz CT molecular complexity index is 1420. The quantitative estimate of drug-likeness (QED) is 0.328. The van der Waals surface area contributed by atoms with Gasteiger partial charge in [-0.25, -0.2) is 17.2 Å². The molecule has 1 amide bonds. The lowest BCUT2D eigenvalue weighted by Gasteiger charge is -2.19. The van der Waals surface area contributed by atoms with Crippen LogP contribution in [0.1, 0.15) is 22.6 Å². The first-order valence-electron chi connectivity index (χ1n) is 9.67. The van der Waals surface area contributed by atoms with E-state index in [1.807, 2.05) is 6.07 Å². The monoisotopic (exact) mass is 528 g/mol. The average molecular weight is 529 g/mol. The van der Waals surface area contributed by atoms with E-state index in [9.17, 15) is 35.2 Å². The van der Waals surface area contributed by atoms with Crippen molar-refractivity contribution in [3.63, 3.8) is 0 Å². The Balaban J connectivity index is 1.99. The minimum absolute atomic E-state index is 0.00536. The Morgan fingerprint density at radius 3 is 2.20 bits per heavy atom. The van der Waals surface area contributed by atoms with Crippen LogP contribution in [-0.4, -0.2) is 20.1 Å². The van der Waals surface area contributed by atoms with E-state index in [-0.39, 0.29) is 21.8 Å². The Morgan fingerprint density at radius 1 is 1.00 bits per heavy atom. The van der Waals surface area contributed by atoms with Crippen molar-refractivity contribution in [1.82, 2.24) is 0 Å². The van der Waals surface area contributed by atoms with Gasteiger partial charge in [0, 0.05) is 5.69 Å². The molecule has 1 N–H and O–H groups in total. The van der Waals surface area contributed by atoms with Crippen LogP contribution >= 0.6 is 11.6 Å². The zero-order valence-corrected chi connectivity index (χ0v) is 19.0. The van der Waals surface area contributed by atoms with Gasteiger partial charge < -0.3 is 5.32 Å². The molecule has 3 aromatic carbocycles. The molecular weight excluding hydrogens is 515 g/mol. The molecule has 0 aliphatic carbocycles. The summed E-state index contributed by atoms with van der Waals surface area (Å²) in [6, 6.07) is 10.9. The van der Waals surface area contributed by atoms with Crippen LogP contribution in [0.4, 0.5) is 27.6 Å². The summed E-state index contributed by atoms with van der Waals surface area (Å²) < 4.78 is 91.5. The number of nitrogens with one attached hydrogen (secondary N) is 1. The third-order valence-corrected chi connectivity index (χ3v) is 7.01. The highest BCUT2D eigenvalue weighted by Crippen LogP contribution is 2.32. The number of halogens is 6. The fourth-order valence-corrected chi connectivity index (χ4v) is 4.88. The van der Waals surface area contributed by atoms with Gasteiger partial charge in [0.05, 0.1) is 32.7 Å². The SMILES string of the molecule is N#Cc1ccc(NC(=O)C(CS(=O)(=O)c2ccc(F)c(F)c2)c2ccc(C(F)(F)F)cc2)cc1Cl. The predicted octanol–water partition coefficient (Wildman–Crippen LogP) is 5.70. The first kappa shape index (κ1) is 26.1. The van der Waals surface area contributed by atoms with Gasteiger partial charge in [0.15, 0.2) is 21.5 Å². The zero-order chi connectivity index (χ0) is 26.0. The molecule has 182 valence electrons. The largest absolute Gasteiger partial charge is 0.416 e. The van der Waals surface area contributed by atoms with Crippen LogP contribution in [0, 0.1) is 23.0 Å². The lowest BCUT2D eigenvalue weighted by atomic mass is 9.98. The fourth-order valence-electron chi connectivity index (χ4n) is 3.13. The molecule has 0 spiro atoms. The first-order valence-corrected chi connectivity index (χ1v) is 11.7. The number of carbonyl (C=O) groups excluding carboxylic acids is 1. The average Bonchev–Trinajstić information content (AvgIpc) is 2.79. The maximum Gasteiger partial charge on any atom is 0.416 e. The van der Waals surface area contributed by atoms with Crippen molar-refractivity contribution in [3.8, 4) is 6.07 Å². The van der Waals surface area contributed by atoms with E-state index in [0.717, 1.165) is 18.2 Å². The van der Waals surface area contributed by atoms with Crippen LogP contribution in [0.3, 0.4) is 0 Å². The van der Waals surface area contributed by atoms with Gasteiger partial charge in [-0.3, -0.25) is 4.79 Å². The molecule has 0 saturated heterocycles. The number of benzene rings is 3. The normalized spacial score (nSPS) is 12.6. The molecule has 0 aliphatic rings. The smallest absolute Gasteiger partial charge is 0.325 e. The Hall–Kier alpha value is -3.49. The van der Waals surface area contributed by atoms with Crippen LogP contribution in [0.2, 0.25) is 5.02 Å². The third kappa shape index (κ3) is 6.15. The number of anilines is 1. The van der Waals surface area contributed by atoms with Crippen molar-refractivity contribution in [2.24, 2.45) is 0 Å². The zero-order valence-electron chi connectivity index (χ0n) is 17.4. The number of rotatable bonds is 6. The molecule has 3 aromatic rings. The lowest BCUT2D eigenvalue weighted by Crippen LogP contribution is -2.28. The summed E-state index contributed by atoms with van der Waals surface area (Å²) in [4.78, 5) is 12.4. The van der Waals surface area contributed by atoms with E-state index in [4.69, 9.17) is 16.9 Å². The van der Waals surface area contributed by atoms with Crippen molar-refractivity contribution in [2.75, 3.05) is 11.1 Å². The maximum atomic E-state index is 13.6. The predicted molar refractivity (Wildman–Crippen MR) is 117 cm³/mol. The summed E-state index contributed by atoms with van der Waals surface area (Å²) in [5, 5.41) is 11.4. The van der Waals surface area contributed by atoms with E-state index in [1.165, 1.54) is 18.2 Å². The molecule has 0 heterocycles. The molecule has 0 bridgehead atoms. The van der Waals surface area contributed by atoms with Gasteiger partial charge in [-0.2, -0.15) is 18.4 Å². The number of sulfone groups is 1. The van der Waals surface area contributed by atoms with Gasteiger partial charge in [0.25, 0.3) is 0 Å². The second-order valence-corrected chi connectivity index (χ2v) is 9.77. The Kier molecular flexibility index (Phi) is 7.47. The van der Waals surface area contributed by atoms with E-state index in [1.54, 1.807) is 0 Å². The first-order chi connectivity index (χ1) is 16.3. The highest BCUT2D eigenvalue weighted by molar-refractivity contribution is 7.91. The molecule has 0 saturated carbocycles. The lowest BCUT2D eigenvalue weighted by molar-refractivity contribution is -0.137. The van der Waals surface area contributed by atoms with Crippen LogP contribution in [0.25, 0.3) is 0 Å². The second kappa shape index (κ2) is 10.0. The summed E-state index contributed by atoms with van der Waals surface area (Å²) in [5.41, 5.74) is -0.866. The van der Waals surface area contributed by atoms with Crippen molar-refractivity contribution in [3.05, 3.63) is 94.0 Å². The highest BCUT2D eigenvalue weighted by atomic mass is 35.5. The number of hydrogen-bond acceptors (Lipinski definition) is 4. The van der Waals surface area contributed by atoms with E-state index in [2.05, 4.69) is 5.32 Å². The van der Waals surface area contributed by atoms with Crippen molar-refractivity contribution in [2.45, 2.75) is 17.0 Å². The van der Waals surface area contributed by atoms with Crippen LogP contribution in [0.5, 0.6) is 0 Å².